The smallest absolute Gasteiger partial charge is 0.371 e. The maximum atomic E-state index is 12.3. The van der Waals surface area contributed by atoms with Gasteiger partial charge in [-0.15, -0.1) is 0 Å². The Bertz CT molecular complexity index is 653. The molecule has 114 valence electrons. The van der Waals surface area contributed by atoms with Gasteiger partial charge in [0.05, 0.1) is 6.07 Å². The molecule has 0 bridgehead atoms. The van der Waals surface area contributed by atoms with Gasteiger partial charge in [-0.3, -0.25) is 4.90 Å². The number of furan rings is 1. The number of nitrogens with zero attached hydrogens (tertiary/aromatic N) is 3. The number of carboxylic acids is 1. The van der Waals surface area contributed by atoms with Crippen LogP contribution in [-0.4, -0.2) is 61.4 Å². The van der Waals surface area contributed by atoms with Crippen molar-refractivity contribution in [1.82, 2.24) is 9.21 Å². The second-order valence-corrected chi connectivity index (χ2v) is 6.45. The second kappa shape index (κ2) is 6.26. The van der Waals surface area contributed by atoms with Crippen molar-refractivity contribution in [3.05, 3.63) is 17.9 Å². The van der Waals surface area contributed by atoms with E-state index in [0.717, 1.165) is 12.1 Å². The van der Waals surface area contributed by atoms with Gasteiger partial charge in [-0.05, 0) is 12.1 Å². The van der Waals surface area contributed by atoms with E-state index >= 15 is 0 Å². The Balaban J connectivity index is 2.04. The zero-order chi connectivity index (χ0) is 15.5. The van der Waals surface area contributed by atoms with E-state index in [1.54, 1.807) is 0 Å². The molecular formula is C12H15N3O5S. The Morgan fingerprint density at radius 3 is 2.52 bits per heavy atom. The highest BCUT2D eigenvalue weighted by Gasteiger charge is 2.31. The van der Waals surface area contributed by atoms with Crippen molar-refractivity contribution in [1.29, 1.82) is 5.26 Å². The van der Waals surface area contributed by atoms with Gasteiger partial charge < -0.3 is 9.52 Å². The van der Waals surface area contributed by atoms with E-state index in [4.69, 9.17) is 14.8 Å². The van der Waals surface area contributed by atoms with E-state index < -0.39 is 21.8 Å². The lowest BCUT2D eigenvalue weighted by Crippen LogP contribution is -2.48. The van der Waals surface area contributed by atoms with E-state index in [2.05, 4.69) is 6.07 Å². The largest absolute Gasteiger partial charge is 0.475 e. The van der Waals surface area contributed by atoms with Gasteiger partial charge in [-0.1, -0.05) is 0 Å². The first kappa shape index (κ1) is 15.5. The van der Waals surface area contributed by atoms with Gasteiger partial charge >= 0.3 is 5.97 Å². The maximum Gasteiger partial charge on any atom is 0.371 e. The van der Waals surface area contributed by atoms with Crippen molar-refractivity contribution < 1.29 is 22.7 Å². The lowest BCUT2D eigenvalue weighted by atomic mass is 10.3. The van der Waals surface area contributed by atoms with Crippen molar-refractivity contribution in [2.24, 2.45) is 0 Å². The molecule has 0 saturated carbocycles. The molecule has 0 spiro atoms. The lowest BCUT2D eigenvalue weighted by Gasteiger charge is -2.32. The van der Waals surface area contributed by atoms with Crippen molar-refractivity contribution in [2.75, 3.05) is 32.7 Å². The monoisotopic (exact) mass is 313 g/mol. The Labute approximate surface area is 122 Å². The van der Waals surface area contributed by atoms with Crippen molar-refractivity contribution in [2.45, 2.75) is 11.5 Å². The molecule has 1 N–H and O–H groups in total. The van der Waals surface area contributed by atoms with Crippen molar-refractivity contribution >= 4 is 16.0 Å². The molecule has 8 nitrogen and oxygen atoms in total. The molecule has 1 aliphatic heterocycles. The van der Waals surface area contributed by atoms with Gasteiger partial charge in [0.1, 0.15) is 0 Å². The van der Waals surface area contributed by atoms with Gasteiger partial charge in [-0.25, -0.2) is 13.2 Å². The third kappa shape index (κ3) is 3.41. The molecule has 0 atom stereocenters. The Hall–Kier alpha value is -1.89. The number of carbonyl (C=O) groups is 1. The molecule has 0 unspecified atom stereocenters. The van der Waals surface area contributed by atoms with Crippen molar-refractivity contribution in [3.63, 3.8) is 0 Å². The minimum atomic E-state index is -3.81. The number of rotatable bonds is 5. The van der Waals surface area contributed by atoms with Crippen LogP contribution in [0.25, 0.3) is 0 Å². The summed E-state index contributed by atoms with van der Waals surface area (Å²) in [6, 6.07) is 4.33. The predicted molar refractivity (Wildman–Crippen MR) is 71.1 cm³/mol. The van der Waals surface area contributed by atoms with E-state index in [9.17, 15) is 13.2 Å². The van der Waals surface area contributed by atoms with Crippen LogP contribution in [0, 0.1) is 11.3 Å². The summed E-state index contributed by atoms with van der Waals surface area (Å²) in [7, 11) is -3.81. The highest BCUT2D eigenvalue weighted by molar-refractivity contribution is 7.89. The Morgan fingerprint density at radius 2 is 2.00 bits per heavy atom. The molecule has 1 aromatic rings. The summed E-state index contributed by atoms with van der Waals surface area (Å²) in [6.07, 6.45) is 0.410. The summed E-state index contributed by atoms with van der Waals surface area (Å²) in [5.41, 5.74) is 0. The standard InChI is InChI=1S/C12H15N3O5S/c13-4-1-5-14-6-8-15(9-7-14)21(18,19)11-3-2-10(20-11)12(16)17/h2-3H,1,5-9H2,(H,16,17). The molecule has 0 amide bonds. The summed E-state index contributed by atoms with van der Waals surface area (Å²) >= 11 is 0. The number of sulfonamides is 1. The van der Waals surface area contributed by atoms with Gasteiger partial charge in [0.2, 0.25) is 10.9 Å². The minimum absolute atomic E-state index is 0.289. The van der Waals surface area contributed by atoms with Gasteiger partial charge in [0.25, 0.3) is 10.0 Å². The van der Waals surface area contributed by atoms with E-state index in [1.807, 2.05) is 4.90 Å². The van der Waals surface area contributed by atoms with Crippen LogP contribution in [0.2, 0.25) is 0 Å². The Morgan fingerprint density at radius 1 is 1.33 bits per heavy atom. The van der Waals surface area contributed by atoms with Crippen LogP contribution in [-0.2, 0) is 10.0 Å². The first-order chi connectivity index (χ1) is 9.95. The average molecular weight is 313 g/mol. The number of nitriles is 1. The molecule has 0 aliphatic carbocycles. The van der Waals surface area contributed by atoms with Crippen LogP contribution in [0.15, 0.2) is 21.6 Å². The molecule has 2 rings (SSSR count). The van der Waals surface area contributed by atoms with Crippen LogP contribution in [0.3, 0.4) is 0 Å². The molecule has 21 heavy (non-hydrogen) atoms. The first-order valence-corrected chi connectivity index (χ1v) is 7.82. The molecule has 9 heteroatoms. The number of piperazine rings is 1. The number of carboxylic acid groups (broad SMARTS) is 1. The summed E-state index contributed by atoms with van der Waals surface area (Å²) < 4.78 is 30.8. The van der Waals surface area contributed by atoms with Gasteiger partial charge in [0.15, 0.2) is 0 Å². The van der Waals surface area contributed by atoms with Crippen LogP contribution in [0.5, 0.6) is 0 Å². The highest BCUT2D eigenvalue weighted by Crippen LogP contribution is 2.20. The number of aromatic carboxylic acids is 1. The zero-order valence-corrected chi connectivity index (χ0v) is 12.0. The predicted octanol–water partition coefficient (Wildman–Crippen LogP) is 0.198. The summed E-state index contributed by atoms with van der Waals surface area (Å²) in [5, 5.41) is 16.9. The average Bonchev–Trinajstić information content (AvgIpc) is 2.96. The molecular weight excluding hydrogens is 298 g/mol. The molecule has 0 aromatic carbocycles. The Kier molecular flexibility index (Phi) is 4.62. The summed E-state index contributed by atoms with van der Waals surface area (Å²) in [6.45, 7) is 2.27. The zero-order valence-electron chi connectivity index (χ0n) is 11.2. The van der Waals surface area contributed by atoms with E-state index in [0.29, 0.717) is 26.1 Å². The van der Waals surface area contributed by atoms with Crippen LogP contribution >= 0.6 is 0 Å². The quantitative estimate of drug-likeness (QED) is 0.825. The second-order valence-electron chi connectivity index (χ2n) is 4.58. The fraction of sp³-hybridized carbons (Fsp3) is 0.500. The molecule has 0 radical (unpaired) electrons. The third-order valence-electron chi connectivity index (χ3n) is 3.26. The van der Waals surface area contributed by atoms with Gasteiger partial charge in [-0.2, -0.15) is 9.57 Å². The minimum Gasteiger partial charge on any atom is -0.475 e. The number of hydrogen-bond donors (Lipinski definition) is 1. The molecule has 1 aliphatic rings. The normalized spacial score (nSPS) is 17.5. The third-order valence-corrected chi connectivity index (χ3v) is 5.03. The molecule has 1 fully saturated rings. The number of hydrogen-bond acceptors (Lipinski definition) is 6. The summed E-state index contributed by atoms with van der Waals surface area (Å²) in [5.74, 6) is -1.71. The molecule has 1 aromatic heterocycles. The highest BCUT2D eigenvalue weighted by atomic mass is 32.2. The summed E-state index contributed by atoms with van der Waals surface area (Å²) in [4.78, 5) is 12.7. The SMILES string of the molecule is N#CCCN1CCN(S(=O)(=O)c2ccc(C(=O)O)o2)CC1. The topological polar surface area (TPSA) is 115 Å². The van der Waals surface area contributed by atoms with Crippen molar-refractivity contribution in [3.8, 4) is 6.07 Å². The first-order valence-electron chi connectivity index (χ1n) is 6.37. The fourth-order valence-corrected chi connectivity index (χ4v) is 3.44. The van der Waals surface area contributed by atoms with Crippen LogP contribution in [0.1, 0.15) is 17.0 Å². The fourth-order valence-electron chi connectivity index (χ4n) is 2.10. The molecule has 1 saturated heterocycles. The van der Waals surface area contributed by atoms with Crippen LogP contribution < -0.4 is 0 Å². The van der Waals surface area contributed by atoms with Crippen LogP contribution in [0.4, 0.5) is 0 Å². The maximum absolute atomic E-state index is 12.3. The van der Waals surface area contributed by atoms with E-state index in [-0.39, 0.29) is 18.2 Å². The lowest BCUT2D eigenvalue weighted by molar-refractivity contribution is 0.0656. The molecule has 2 heterocycles. The van der Waals surface area contributed by atoms with E-state index in [1.165, 1.54) is 4.31 Å². The van der Waals surface area contributed by atoms with Gasteiger partial charge in [0, 0.05) is 39.1 Å².